The van der Waals surface area contributed by atoms with Gasteiger partial charge in [0.1, 0.15) is 5.75 Å². The van der Waals surface area contributed by atoms with Crippen LogP contribution in [-0.2, 0) is 4.79 Å². The molecule has 3 aromatic carbocycles. The average Bonchev–Trinajstić information content (AvgIpc) is 2.37. The smallest absolute Gasteiger partial charge is 0.308 e. The second-order valence-electron chi connectivity index (χ2n) is 4.26. The van der Waals surface area contributed by atoms with Crippen molar-refractivity contribution in [3.8, 4) is 5.75 Å². The summed E-state index contributed by atoms with van der Waals surface area (Å²) in [5.74, 6) is 0.292. The normalized spacial score (nSPS) is 10.7. The van der Waals surface area contributed by atoms with E-state index in [1.54, 1.807) is 0 Å². The average molecular weight is 236 g/mol. The van der Waals surface area contributed by atoms with Crippen molar-refractivity contribution in [2.45, 2.75) is 6.92 Å². The Bertz CT molecular complexity index is 744. The molecule has 0 aliphatic rings. The summed E-state index contributed by atoms with van der Waals surface area (Å²) in [5, 5.41) is 4.67. The van der Waals surface area contributed by atoms with Gasteiger partial charge in [0.05, 0.1) is 0 Å². The molecule has 0 spiro atoms. The van der Waals surface area contributed by atoms with E-state index in [-0.39, 0.29) is 5.97 Å². The predicted octanol–water partition coefficient (Wildman–Crippen LogP) is 3.92. The van der Waals surface area contributed by atoms with Crippen LogP contribution in [0.25, 0.3) is 21.5 Å². The number of rotatable bonds is 1. The Kier molecular flexibility index (Phi) is 2.49. The standard InChI is InChI=1S/C16H12O2/c1-11(17)18-14-8-9-16-13(10-14)7-6-12-4-2-3-5-15(12)16/h2-10H,1H3. The van der Waals surface area contributed by atoms with Crippen molar-refractivity contribution < 1.29 is 9.53 Å². The highest BCUT2D eigenvalue weighted by atomic mass is 16.5. The fourth-order valence-electron chi connectivity index (χ4n) is 2.22. The van der Waals surface area contributed by atoms with Crippen LogP contribution in [0.3, 0.4) is 0 Å². The molecular weight excluding hydrogens is 224 g/mol. The summed E-state index contributed by atoms with van der Waals surface area (Å²) in [6.07, 6.45) is 0. The molecule has 0 N–H and O–H groups in total. The van der Waals surface area contributed by atoms with Crippen LogP contribution in [0.1, 0.15) is 6.92 Å². The number of ether oxygens (including phenoxy) is 1. The van der Waals surface area contributed by atoms with Gasteiger partial charge in [-0.25, -0.2) is 0 Å². The van der Waals surface area contributed by atoms with Crippen molar-refractivity contribution >= 4 is 27.5 Å². The molecule has 2 heteroatoms. The number of carbonyl (C=O) groups excluding carboxylic acids is 1. The maximum absolute atomic E-state index is 10.9. The molecule has 18 heavy (non-hydrogen) atoms. The molecule has 0 aliphatic carbocycles. The summed E-state index contributed by atoms with van der Waals surface area (Å²) < 4.78 is 5.10. The van der Waals surface area contributed by atoms with Crippen LogP contribution in [-0.4, -0.2) is 5.97 Å². The van der Waals surface area contributed by atoms with Crippen LogP contribution in [0.2, 0.25) is 0 Å². The predicted molar refractivity (Wildman–Crippen MR) is 72.8 cm³/mol. The lowest BCUT2D eigenvalue weighted by atomic mass is 10.0. The SMILES string of the molecule is CC(=O)Oc1ccc2c(ccc3ccccc32)c1. The second kappa shape index (κ2) is 4.15. The van der Waals surface area contributed by atoms with E-state index in [4.69, 9.17) is 4.74 Å². The summed E-state index contributed by atoms with van der Waals surface area (Å²) in [6.45, 7) is 1.41. The molecule has 0 saturated heterocycles. The molecule has 0 unspecified atom stereocenters. The number of carbonyl (C=O) groups is 1. The van der Waals surface area contributed by atoms with Crippen LogP contribution in [0.5, 0.6) is 5.75 Å². The van der Waals surface area contributed by atoms with Crippen LogP contribution in [0.4, 0.5) is 0 Å². The van der Waals surface area contributed by atoms with E-state index < -0.39 is 0 Å². The number of hydrogen-bond acceptors (Lipinski definition) is 2. The van der Waals surface area contributed by atoms with Crippen molar-refractivity contribution in [2.24, 2.45) is 0 Å². The maximum atomic E-state index is 10.9. The Hall–Kier alpha value is -2.35. The van der Waals surface area contributed by atoms with Crippen LogP contribution in [0, 0.1) is 0 Å². The highest BCUT2D eigenvalue weighted by molar-refractivity contribution is 6.07. The monoisotopic (exact) mass is 236 g/mol. The van der Waals surface area contributed by atoms with Gasteiger partial charge in [-0.05, 0) is 33.7 Å². The van der Waals surface area contributed by atoms with Gasteiger partial charge in [0.2, 0.25) is 0 Å². The Morgan fingerprint density at radius 2 is 1.61 bits per heavy atom. The first-order chi connectivity index (χ1) is 8.74. The molecule has 0 fully saturated rings. The van der Waals surface area contributed by atoms with E-state index in [0.717, 1.165) is 5.39 Å². The van der Waals surface area contributed by atoms with Gasteiger partial charge in [-0.15, -0.1) is 0 Å². The van der Waals surface area contributed by atoms with E-state index in [1.807, 2.05) is 36.4 Å². The summed E-state index contributed by atoms with van der Waals surface area (Å²) >= 11 is 0. The summed E-state index contributed by atoms with van der Waals surface area (Å²) in [7, 11) is 0. The van der Waals surface area contributed by atoms with Gasteiger partial charge in [0.15, 0.2) is 0 Å². The highest BCUT2D eigenvalue weighted by Crippen LogP contribution is 2.28. The first-order valence-corrected chi connectivity index (χ1v) is 5.84. The van der Waals surface area contributed by atoms with Gasteiger partial charge in [-0.2, -0.15) is 0 Å². The zero-order valence-corrected chi connectivity index (χ0v) is 10.0. The topological polar surface area (TPSA) is 26.3 Å². The molecule has 3 aromatic rings. The molecule has 0 heterocycles. The summed E-state index contributed by atoms with van der Waals surface area (Å²) in [4.78, 5) is 10.9. The number of hydrogen-bond donors (Lipinski definition) is 0. The molecule has 3 rings (SSSR count). The van der Waals surface area contributed by atoms with E-state index in [0.29, 0.717) is 5.75 Å². The third-order valence-corrected chi connectivity index (χ3v) is 2.98. The van der Waals surface area contributed by atoms with Gasteiger partial charge in [0, 0.05) is 6.92 Å². The summed E-state index contributed by atoms with van der Waals surface area (Å²) in [5.41, 5.74) is 0. The van der Waals surface area contributed by atoms with Crippen molar-refractivity contribution in [3.05, 3.63) is 54.6 Å². The zero-order chi connectivity index (χ0) is 12.5. The third kappa shape index (κ3) is 1.82. The van der Waals surface area contributed by atoms with Crippen molar-refractivity contribution in [3.63, 3.8) is 0 Å². The van der Waals surface area contributed by atoms with Gasteiger partial charge in [-0.1, -0.05) is 42.5 Å². The molecule has 0 saturated carbocycles. The van der Waals surface area contributed by atoms with Crippen LogP contribution in [0.15, 0.2) is 54.6 Å². The van der Waals surface area contributed by atoms with Gasteiger partial charge in [-0.3, -0.25) is 4.79 Å². The Balaban J connectivity index is 2.24. The molecule has 0 aromatic heterocycles. The van der Waals surface area contributed by atoms with Crippen LogP contribution < -0.4 is 4.74 Å². The largest absolute Gasteiger partial charge is 0.427 e. The van der Waals surface area contributed by atoms with Crippen LogP contribution >= 0.6 is 0 Å². The highest BCUT2D eigenvalue weighted by Gasteiger charge is 2.03. The second-order valence-corrected chi connectivity index (χ2v) is 4.26. The number of esters is 1. The first kappa shape index (κ1) is 10.8. The lowest BCUT2D eigenvalue weighted by molar-refractivity contribution is -0.131. The first-order valence-electron chi connectivity index (χ1n) is 5.84. The lowest BCUT2D eigenvalue weighted by Crippen LogP contribution is -2.00. The lowest BCUT2D eigenvalue weighted by Gasteiger charge is -2.06. The van der Waals surface area contributed by atoms with Crippen molar-refractivity contribution in [2.75, 3.05) is 0 Å². The molecule has 0 atom stereocenters. The quantitative estimate of drug-likeness (QED) is 0.363. The van der Waals surface area contributed by atoms with Crippen molar-refractivity contribution in [1.29, 1.82) is 0 Å². The van der Waals surface area contributed by atoms with Gasteiger partial charge in [0.25, 0.3) is 0 Å². The van der Waals surface area contributed by atoms with E-state index >= 15 is 0 Å². The maximum Gasteiger partial charge on any atom is 0.308 e. The van der Waals surface area contributed by atoms with Crippen molar-refractivity contribution in [1.82, 2.24) is 0 Å². The van der Waals surface area contributed by atoms with E-state index in [9.17, 15) is 4.79 Å². The fraction of sp³-hybridized carbons (Fsp3) is 0.0625. The molecule has 0 bridgehead atoms. The van der Waals surface area contributed by atoms with Gasteiger partial charge < -0.3 is 4.74 Å². The molecule has 0 aliphatic heterocycles. The Morgan fingerprint density at radius 3 is 2.44 bits per heavy atom. The minimum atomic E-state index is -0.296. The third-order valence-electron chi connectivity index (χ3n) is 2.98. The minimum Gasteiger partial charge on any atom is -0.427 e. The van der Waals surface area contributed by atoms with E-state index in [1.165, 1.54) is 23.1 Å². The minimum absolute atomic E-state index is 0.296. The zero-order valence-electron chi connectivity index (χ0n) is 10.0. The van der Waals surface area contributed by atoms with E-state index in [2.05, 4.69) is 18.2 Å². The molecule has 0 radical (unpaired) electrons. The summed E-state index contributed by atoms with van der Waals surface area (Å²) in [6, 6.07) is 18.1. The molecular formula is C16H12O2. The Labute approximate surface area is 105 Å². The van der Waals surface area contributed by atoms with Gasteiger partial charge >= 0.3 is 5.97 Å². The number of fused-ring (bicyclic) bond motifs is 3. The fourth-order valence-corrected chi connectivity index (χ4v) is 2.22. The Morgan fingerprint density at radius 1 is 0.889 bits per heavy atom. The number of benzene rings is 3. The molecule has 0 amide bonds. The molecule has 2 nitrogen and oxygen atoms in total. The molecule has 88 valence electrons.